The number of hydrogen-bond acceptors (Lipinski definition) is 6. The molecule has 0 aliphatic carbocycles. The van der Waals surface area contributed by atoms with Crippen molar-refractivity contribution in [2.24, 2.45) is 0 Å². The number of likely N-dealkylation sites (N-methyl/N-ethyl adjacent to an activating group) is 1. The van der Waals surface area contributed by atoms with Crippen molar-refractivity contribution in [3.8, 4) is 0 Å². The van der Waals surface area contributed by atoms with Gasteiger partial charge in [-0.15, -0.1) is 0 Å². The SMILES string of the molecule is CCCCCCCC/C=C\CCCCCC(=O)NC(COP(=O)(O)OCC[N+](C)(C)C)C(/C=C\CCCCCCCCCCCC)OC(=O)CCCCCCCCCCCCCCCCCCC/C=C/CCCCCCCC. The fourth-order valence-corrected chi connectivity index (χ4v) is 10.8. The second kappa shape index (κ2) is 58.4. The molecule has 0 aliphatic rings. The van der Waals surface area contributed by atoms with E-state index in [4.69, 9.17) is 13.8 Å². The first-order valence-electron chi connectivity index (χ1n) is 33.8. The molecule has 0 fully saturated rings. The Labute approximate surface area is 485 Å². The lowest BCUT2D eigenvalue weighted by Crippen LogP contribution is -2.47. The molecule has 0 aliphatic heterocycles. The third kappa shape index (κ3) is 58.9. The number of phosphoric ester groups is 1. The molecule has 1 amide bonds. The molecule has 9 nitrogen and oxygen atoms in total. The predicted molar refractivity (Wildman–Crippen MR) is 337 cm³/mol. The maximum atomic E-state index is 13.5. The summed E-state index contributed by atoms with van der Waals surface area (Å²) in [5, 5.41) is 3.05. The van der Waals surface area contributed by atoms with Gasteiger partial charge in [-0.2, -0.15) is 0 Å². The molecular formula is C68H132N2O7P+. The molecule has 0 bridgehead atoms. The van der Waals surface area contributed by atoms with E-state index in [0.717, 1.165) is 70.6 Å². The van der Waals surface area contributed by atoms with E-state index in [-0.39, 0.29) is 25.1 Å². The van der Waals surface area contributed by atoms with Crippen LogP contribution in [0.15, 0.2) is 36.5 Å². The zero-order chi connectivity index (χ0) is 57.2. The molecule has 0 spiro atoms. The van der Waals surface area contributed by atoms with Crippen LogP contribution in [-0.2, 0) is 27.9 Å². The van der Waals surface area contributed by atoms with E-state index in [1.807, 2.05) is 33.3 Å². The molecule has 10 heteroatoms. The minimum absolute atomic E-state index is 0.0399. The number of allylic oxidation sites excluding steroid dienone is 5. The van der Waals surface area contributed by atoms with Gasteiger partial charge >= 0.3 is 13.8 Å². The van der Waals surface area contributed by atoms with Crippen LogP contribution in [-0.4, -0.2) is 74.3 Å². The van der Waals surface area contributed by atoms with Crippen molar-refractivity contribution in [2.45, 2.75) is 348 Å². The molecule has 0 heterocycles. The second-order valence-electron chi connectivity index (χ2n) is 24.3. The molecule has 0 saturated carbocycles. The third-order valence-corrected chi connectivity index (χ3v) is 16.3. The first-order chi connectivity index (χ1) is 37.9. The normalized spacial score (nSPS) is 13.8. The standard InChI is InChI=1S/C68H131N2O7P/c1-7-10-13-16-19-22-25-28-29-30-31-32-33-34-35-36-37-38-39-40-41-43-46-49-52-55-58-61-68(72)77-66(59-56-53-50-47-44-27-24-21-18-15-12-9-3)65(64-76-78(73,74)75-63-62-70(4,5)6)69-67(71)60-57-54-51-48-45-42-26-23-20-17-14-11-8-2/h28-29,42,45,56,59,65-66H,7-27,30-41,43-44,46-55,57-58,60-64H2,1-6H3,(H-,69,71,73,74)/p+1/b29-28+,45-42-,59-56-. The number of nitrogens with zero attached hydrogens (tertiary/aromatic N) is 1. The summed E-state index contributed by atoms with van der Waals surface area (Å²) in [5.41, 5.74) is 0. The van der Waals surface area contributed by atoms with Crippen LogP contribution < -0.4 is 5.32 Å². The summed E-state index contributed by atoms with van der Waals surface area (Å²) in [4.78, 5) is 37.7. The summed E-state index contributed by atoms with van der Waals surface area (Å²) in [6, 6.07) is -0.852. The van der Waals surface area contributed by atoms with Gasteiger partial charge in [-0.3, -0.25) is 18.6 Å². The Hall–Kier alpha value is -1.77. The molecule has 78 heavy (non-hydrogen) atoms. The van der Waals surface area contributed by atoms with E-state index in [1.165, 1.54) is 231 Å². The van der Waals surface area contributed by atoms with Crippen LogP contribution in [0.3, 0.4) is 0 Å². The molecular weight excluding hydrogens is 988 g/mol. The number of ether oxygens (including phenoxy) is 1. The lowest BCUT2D eigenvalue weighted by molar-refractivity contribution is -0.870. The zero-order valence-electron chi connectivity index (χ0n) is 52.7. The fourth-order valence-electron chi connectivity index (χ4n) is 10.0. The van der Waals surface area contributed by atoms with E-state index < -0.39 is 20.0 Å². The monoisotopic (exact) mass is 1120 g/mol. The van der Waals surface area contributed by atoms with Gasteiger partial charge in [0.05, 0.1) is 33.8 Å². The van der Waals surface area contributed by atoms with Crippen LogP contribution in [0.5, 0.6) is 0 Å². The molecule has 3 unspecified atom stereocenters. The van der Waals surface area contributed by atoms with Gasteiger partial charge in [-0.05, 0) is 83.1 Å². The zero-order valence-corrected chi connectivity index (χ0v) is 53.6. The number of rotatable bonds is 62. The molecule has 3 atom stereocenters. The summed E-state index contributed by atoms with van der Waals surface area (Å²) in [5.74, 6) is -0.509. The first kappa shape index (κ1) is 76.2. The molecule has 2 N–H and O–H groups in total. The Morgan fingerprint density at radius 3 is 1.10 bits per heavy atom. The number of carbonyl (C=O) groups excluding carboxylic acids is 2. The van der Waals surface area contributed by atoms with Crippen LogP contribution in [0.1, 0.15) is 335 Å². The summed E-state index contributed by atoms with van der Waals surface area (Å²) in [7, 11) is 1.50. The predicted octanol–water partition coefficient (Wildman–Crippen LogP) is 21.1. The number of amides is 1. The van der Waals surface area contributed by atoms with Crippen molar-refractivity contribution in [1.29, 1.82) is 0 Å². The van der Waals surface area contributed by atoms with Crippen molar-refractivity contribution in [1.82, 2.24) is 5.32 Å². The topological polar surface area (TPSA) is 111 Å². The van der Waals surface area contributed by atoms with Gasteiger partial charge < -0.3 is 19.4 Å². The smallest absolute Gasteiger partial charge is 0.456 e. The van der Waals surface area contributed by atoms with Crippen LogP contribution in [0.25, 0.3) is 0 Å². The molecule has 0 aromatic rings. The number of nitrogens with one attached hydrogen (secondary N) is 1. The van der Waals surface area contributed by atoms with Gasteiger partial charge in [0.2, 0.25) is 5.91 Å². The van der Waals surface area contributed by atoms with Crippen LogP contribution >= 0.6 is 7.82 Å². The minimum atomic E-state index is -4.45. The van der Waals surface area contributed by atoms with Crippen molar-refractivity contribution in [2.75, 3.05) is 40.9 Å². The van der Waals surface area contributed by atoms with Crippen molar-refractivity contribution >= 4 is 19.7 Å². The maximum Gasteiger partial charge on any atom is 0.472 e. The van der Waals surface area contributed by atoms with Gasteiger partial charge in [0, 0.05) is 12.8 Å². The van der Waals surface area contributed by atoms with E-state index in [0.29, 0.717) is 23.9 Å². The first-order valence-corrected chi connectivity index (χ1v) is 35.3. The molecule has 0 saturated heterocycles. The highest BCUT2D eigenvalue weighted by Gasteiger charge is 2.30. The van der Waals surface area contributed by atoms with Crippen molar-refractivity contribution in [3.05, 3.63) is 36.5 Å². The number of carbonyl (C=O) groups is 2. The quantitative estimate of drug-likeness (QED) is 0.0205. The fraction of sp³-hybridized carbons (Fsp3) is 0.882. The third-order valence-electron chi connectivity index (χ3n) is 15.3. The van der Waals surface area contributed by atoms with E-state index >= 15 is 0 Å². The molecule has 0 aromatic heterocycles. The van der Waals surface area contributed by atoms with Gasteiger partial charge in [0.15, 0.2) is 0 Å². The number of quaternary nitrogens is 1. The summed E-state index contributed by atoms with van der Waals surface area (Å²) < 4.78 is 30.7. The van der Waals surface area contributed by atoms with Gasteiger partial charge in [-0.25, -0.2) is 4.57 Å². The Kier molecular flexibility index (Phi) is 57.1. The van der Waals surface area contributed by atoms with Crippen molar-refractivity contribution < 1.29 is 37.3 Å². The second-order valence-corrected chi connectivity index (χ2v) is 25.8. The van der Waals surface area contributed by atoms with Gasteiger partial charge in [-0.1, -0.05) is 276 Å². The Balaban J connectivity index is 4.98. The largest absolute Gasteiger partial charge is 0.472 e. The highest BCUT2D eigenvalue weighted by molar-refractivity contribution is 7.47. The molecule has 460 valence electrons. The number of esters is 1. The number of phosphoric acid groups is 1. The Bertz CT molecular complexity index is 1430. The molecule has 0 rings (SSSR count). The lowest BCUT2D eigenvalue weighted by atomic mass is 10.0. The Morgan fingerprint density at radius 2 is 0.744 bits per heavy atom. The molecule has 0 aromatic carbocycles. The van der Waals surface area contributed by atoms with Gasteiger partial charge in [0.25, 0.3) is 0 Å². The summed E-state index contributed by atoms with van der Waals surface area (Å²) in [6.07, 6.45) is 71.6. The van der Waals surface area contributed by atoms with E-state index in [1.54, 1.807) is 0 Å². The maximum absolute atomic E-state index is 13.5. The van der Waals surface area contributed by atoms with Crippen LogP contribution in [0, 0.1) is 0 Å². The average molecular weight is 1120 g/mol. The number of hydrogen-bond donors (Lipinski definition) is 2. The van der Waals surface area contributed by atoms with Crippen molar-refractivity contribution in [3.63, 3.8) is 0 Å². The summed E-state index contributed by atoms with van der Waals surface area (Å²) in [6.45, 7) is 7.03. The van der Waals surface area contributed by atoms with E-state index in [2.05, 4.69) is 50.4 Å². The minimum Gasteiger partial charge on any atom is -0.456 e. The number of unbranched alkanes of at least 4 members (excludes halogenated alkanes) is 42. The molecule has 0 radical (unpaired) electrons. The van der Waals surface area contributed by atoms with Gasteiger partial charge in [0.1, 0.15) is 19.3 Å². The van der Waals surface area contributed by atoms with E-state index in [9.17, 15) is 19.0 Å². The Morgan fingerprint density at radius 1 is 0.436 bits per heavy atom. The highest BCUT2D eigenvalue weighted by atomic mass is 31.2. The average Bonchev–Trinajstić information content (AvgIpc) is 3.40. The van der Waals surface area contributed by atoms with Crippen LogP contribution in [0.2, 0.25) is 0 Å². The lowest BCUT2D eigenvalue weighted by Gasteiger charge is -2.27. The highest BCUT2D eigenvalue weighted by Crippen LogP contribution is 2.43. The van der Waals surface area contributed by atoms with Crippen LogP contribution in [0.4, 0.5) is 0 Å². The summed E-state index contributed by atoms with van der Waals surface area (Å²) >= 11 is 0.